The highest BCUT2D eigenvalue weighted by Gasteiger charge is 2.15. The zero-order valence-corrected chi connectivity index (χ0v) is 22.8. The Labute approximate surface area is 230 Å². The van der Waals surface area contributed by atoms with Crippen molar-refractivity contribution in [2.75, 3.05) is 0 Å². The number of rotatable bonds is 12. The van der Waals surface area contributed by atoms with Gasteiger partial charge in [-0.1, -0.05) is 75.6 Å². The Morgan fingerprint density at radius 2 is 1.69 bits per heavy atom. The highest BCUT2D eigenvalue weighted by molar-refractivity contribution is 5.96. The molecule has 2 heterocycles. The van der Waals surface area contributed by atoms with Crippen LogP contribution in [0.4, 0.5) is 0 Å². The van der Waals surface area contributed by atoms with Crippen molar-refractivity contribution in [1.82, 2.24) is 19.1 Å². The van der Waals surface area contributed by atoms with Crippen molar-refractivity contribution >= 4 is 17.0 Å². The average Bonchev–Trinajstić information content (AvgIpc) is 3.56. The van der Waals surface area contributed by atoms with Gasteiger partial charge in [0.05, 0.1) is 16.6 Å². The van der Waals surface area contributed by atoms with Crippen LogP contribution in [0.3, 0.4) is 0 Å². The van der Waals surface area contributed by atoms with Crippen LogP contribution >= 0.6 is 0 Å². The molecular formula is C33H36N4O2. The second kappa shape index (κ2) is 12.1. The van der Waals surface area contributed by atoms with Gasteiger partial charge in [0, 0.05) is 37.5 Å². The van der Waals surface area contributed by atoms with E-state index in [9.17, 15) is 9.90 Å². The zero-order valence-electron chi connectivity index (χ0n) is 22.8. The first-order valence-corrected chi connectivity index (χ1v) is 14.0. The van der Waals surface area contributed by atoms with E-state index in [4.69, 9.17) is 9.97 Å². The monoisotopic (exact) mass is 520 g/mol. The number of carbonyl (C=O) groups is 1. The molecule has 0 bridgehead atoms. The lowest BCUT2D eigenvalue weighted by atomic mass is 9.99. The largest absolute Gasteiger partial charge is 0.478 e. The smallest absolute Gasteiger partial charge is 0.336 e. The van der Waals surface area contributed by atoms with Gasteiger partial charge in [0.1, 0.15) is 11.6 Å². The maximum Gasteiger partial charge on any atom is 0.336 e. The summed E-state index contributed by atoms with van der Waals surface area (Å²) in [6.45, 7) is 6.09. The molecule has 0 saturated heterocycles. The van der Waals surface area contributed by atoms with Crippen LogP contribution in [-0.2, 0) is 19.5 Å². The molecule has 1 N–H and O–H groups in total. The number of hydrogen-bond acceptors (Lipinski definition) is 3. The van der Waals surface area contributed by atoms with E-state index in [0.29, 0.717) is 12.1 Å². The average molecular weight is 521 g/mol. The second-order valence-corrected chi connectivity index (χ2v) is 10.1. The number of nitrogens with zero attached hydrogens (tertiary/aromatic N) is 4. The molecule has 0 atom stereocenters. The summed E-state index contributed by atoms with van der Waals surface area (Å²) >= 11 is 0. The fourth-order valence-corrected chi connectivity index (χ4v) is 5.26. The summed E-state index contributed by atoms with van der Waals surface area (Å²) in [4.78, 5) is 21.4. The standard InChI is InChI=1S/C33H36N4O2/c1-3-5-6-9-20-36-21-19-34-32(36)26-17-18-29-30(22-26)37(31(35-29)10-4-2)23-24-13-15-25(16-14-24)27-11-7-8-12-28(27)33(38)39/h7-8,11-19,21-22H,3-6,9-10,20,23H2,1-2H3,(H,38,39). The number of benzene rings is 3. The molecule has 0 aliphatic rings. The molecular weight excluding hydrogens is 484 g/mol. The number of imidazole rings is 2. The Bertz CT molecular complexity index is 1560. The van der Waals surface area contributed by atoms with Crippen LogP contribution in [-0.4, -0.2) is 30.2 Å². The van der Waals surface area contributed by atoms with Crippen molar-refractivity contribution in [3.8, 4) is 22.5 Å². The number of fused-ring (bicyclic) bond motifs is 1. The second-order valence-electron chi connectivity index (χ2n) is 10.1. The van der Waals surface area contributed by atoms with Gasteiger partial charge in [-0.15, -0.1) is 0 Å². The summed E-state index contributed by atoms with van der Waals surface area (Å²) in [7, 11) is 0. The summed E-state index contributed by atoms with van der Waals surface area (Å²) in [6, 6.07) is 21.8. The minimum Gasteiger partial charge on any atom is -0.478 e. The van der Waals surface area contributed by atoms with Crippen molar-refractivity contribution in [1.29, 1.82) is 0 Å². The van der Waals surface area contributed by atoms with Crippen LogP contribution in [0, 0.1) is 0 Å². The predicted molar refractivity (Wildman–Crippen MR) is 157 cm³/mol. The van der Waals surface area contributed by atoms with Gasteiger partial charge in [-0.25, -0.2) is 14.8 Å². The highest BCUT2D eigenvalue weighted by Crippen LogP contribution is 2.28. The SMILES string of the molecule is CCCCCCn1ccnc1-c1ccc2nc(CCC)n(Cc3ccc(-c4ccccc4C(=O)O)cc3)c2c1. The molecule has 6 nitrogen and oxygen atoms in total. The molecule has 0 unspecified atom stereocenters. The van der Waals surface area contributed by atoms with Crippen molar-refractivity contribution < 1.29 is 9.90 Å². The Hall–Kier alpha value is -4.19. The van der Waals surface area contributed by atoms with E-state index >= 15 is 0 Å². The Morgan fingerprint density at radius 1 is 0.897 bits per heavy atom. The molecule has 2 aromatic heterocycles. The quantitative estimate of drug-likeness (QED) is 0.170. The fraction of sp³-hybridized carbons (Fsp3) is 0.303. The molecule has 0 radical (unpaired) electrons. The predicted octanol–water partition coefficient (Wildman–Crippen LogP) is 7.85. The van der Waals surface area contributed by atoms with E-state index in [0.717, 1.165) is 70.7 Å². The Balaban J connectivity index is 1.45. The molecule has 0 amide bonds. The van der Waals surface area contributed by atoms with Gasteiger partial charge in [-0.3, -0.25) is 0 Å². The number of hydrogen-bond donors (Lipinski definition) is 1. The van der Waals surface area contributed by atoms with E-state index < -0.39 is 5.97 Å². The number of carboxylic acids is 1. The van der Waals surface area contributed by atoms with Crippen molar-refractivity contribution in [2.24, 2.45) is 0 Å². The summed E-state index contributed by atoms with van der Waals surface area (Å²) in [5.41, 5.74) is 6.29. The van der Waals surface area contributed by atoms with E-state index in [1.54, 1.807) is 12.1 Å². The minimum absolute atomic E-state index is 0.312. The molecule has 3 aromatic carbocycles. The summed E-state index contributed by atoms with van der Waals surface area (Å²) in [5, 5.41) is 9.59. The van der Waals surface area contributed by atoms with Gasteiger partial charge in [0.2, 0.25) is 0 Å². The van der Waals surface area contributed by atoms with Gasteiger partial charge in [-0.05, 0) is 53.8 Å². The first-order chi connectivity index (χ1) is 19.1. The number of carboxylic acid groups (broad SMARTS) is 1. The highest BCUT2D eigenvalue weighted by atomic mass is 16.4. The number of aryl methyl sites for hydroxylation is 2. The van der Waals surface area contributed by atoms with Gasteiger partial charge in [-0.2, -0.15) is 0 Å². The van der Waals surface area contributed by atoms with Crippen LogP contribution in [0.2, 0.25) is 0 Å². The van der Waals surface area contributed by atoms with E-state index in [-0.39, 0.29) is 0 Å². The summed E-state index contributed by atoms with van der Waals surface area (Å²) < 4.78 is 4.58. The molecule has 0 saturated carbocycles. The molecule has 5 aromatic rings. The van der Waals surface area contributed by atoms with Gasteiger partial charge in [0.15, 0.2) is 0 Å². The van der Waals surface area contributed by atoms with Crippen molar-refractivity contribution in [2.45, 2.75) is 65.5 Å². The van der Waals surface area contributed by atoms with Crippen molar-refractivity contribution in [3.63, 3.8) is 0 Å². The third kappa shape index (κ3) is 5.80. The Kier molecular flexibility index (Phi) is 8.21. The fourth-order valence-electron chi connectivity index (χ4n) is 5.26. The topological polar surface area (TPSA) is 72.9 Å². The third-order valence-corrected chi connectivity index (χ3v) is 7.29. The summed E-state index contributed by atoms with van der Waals surface area (Å²) in [5.74, 6) is 1.16. The minimum atomic E-state index is -0.916. The van der Waals surface area contributed by atoms with Gasteiger partial charge in [0.25, 0.3) is 0 Å². The first kappa shape index (κ1) is 26.4. The maximum absolute atomic E-state index is 11.7. The van der Waals surface area contributed by atoms with E-state index in [1.165, 1.54) is 19.3 Å². The maximum atomic E-state index is 11.7. The summed E-state index contributed by atoms with van der Waals surface area (Å²) in [6.07, 6.45) is 10.8. The van der Waals surface area contributed by atoms with Crippen LogP contribution < -0.4 is 0 Å². The molecule has 0 fully saturated rings. The van der Waals surface area contributed by atoms with Crippen LogP contribution in [0.15, 0.2) is 79.1 Å². The molecule has 6 heteroatoms. The molecule has 5 rings (SSSR count). The lowest BCUT2D eigenvalue weighted by Crippen LogP contribution is -2.05. The van der Waals surface area contributed by atoms with E-state index in [1.807, 2.05) is 30.5 Å². The van der Waals surface area contributed by atoms with Crippen LogP contribution in [0.5, 0.6) is 0 Å². The van der Waals surface area contributed by atoms with Gasteiger partial charge < -0.3 is 14.2 Å². The zero-order chi connectivity index (χ0) is 27.2. The van der Waals surface area contributed by atoms with E-state index in [2.05, 4.69) is 59.5 Å². The Morgan fingerprint density at radius 3 is 2.46 bits per heavy atom. The first-order valence-electron chi connectivity index (χ1n) is 14.0. The number of unbranched alkanes of at least 4 members (excludes halogenated alkanes) is 3. The van der Waals surface area contributed by atoms with Crippen LogP contribution in [0.25, 0.3) is 33.5 Å². The molecule has 39 heavy (non-hydrogen) atoms. The molecule has 0 aliphatic heterocycles. The molecule has 0 spiro atoms. The lowest BCUT2D eigenvalue weighted by Gasteiger charge is -2.12. The number of aromatic nitrogens is 4. The molecule has 200 valence electrons. The number of aromatic carboxylic acids is 1. The van der Waals surface area contributed by atoms with Crippen LogP contribution in [0.1, 0.15) is 67.7 Å². The van der Waals surface area contributed by atoms with Crippen molar-refractivity contribution in [3.05, 3.63) is 96.1 Å². The lowest BCUT2D eigenvalue weighted by molar-refractivity contribution is 0.0697. The molecule has 0 aliphatic carbocycles. The third-order valence-electron chi connectivity index (χ3n) is 7.29. The van der Waals surface area contributed by atoms with Gasteiger partial charge >= 0.3 is 5.97 Å². The normalized spacial score (nSPS) is 11.3.